The number of fused-ring (bicyclic) bond motifs is 1. The van der Waals surface area contributed by atoms with Crippen LogP contribution in [0.2, 0.25) is 0 Å². The lowest BCUT2D eigenvalue weighted by Crippen LogP contribution is -2.57. The molecule has 0 radical (unpaired) electrons. The number of carboxylic acid groups (broad SMARTS) is 2. The number of carbonyl (C=O) groups excluding carboxylic acids is 7. The topological polar surface area (TPSA) is 241 Å². The number of nitrogens with one attached hydrogen (secondary N) is 2. The van der Waals surface area contributed by atoms with Crippen LogP contribution < -0.4 is 10.7 Å². The fraction of sp³-hybridized carbons (Fsp3) is 0.480. The number of para-hydroxylation sites is 1. The molecule has 0 saturated carbocycles. The van der Waals surface area contributed by atoms with E-state index in [1.807, 2.05) is 63.2 Å². The van der Waals surface area contributed by atoms with Crippen molar-refractivity contribution in [1.29, 1.82) is 0 Å². The number of benzene rings is 2. The van der Waals surface area contributed by atoms with E-state index in [2.05, 4.69) is 15.7 Å². The van der Waals surface area contributed by atoms with E-state index in [9.17, 15) is 53.4 Å². The molecule has 360 valence electrons. The Bertz CT molecular complexity index is 2340. The summed E-state index contributed by atoms with van der Waals surface area (Å²) >= 11 is 0. The number of hydrogen-bond acceptors (Lipinski definition) is 10. The smallest absolute Gasteiger partial charge is 0.325 e. The van der Waals surface area contributed by atoms with Crippen LogP contribution >= 0.6 is 0 Å². The molecule has 1 fully saturated rings. The van der Waals surface area contributed by atoms with Gasteiger partial charge in [0.25, 0.3) is 11.8 Å². The number of nitrogens with zero attached hydrogens (tertiary/aromatic N) is 4. The van der Waals surface area contributed by atoms with Crippen molar-refractivity contribution in [1.82, 2.24) is 30.5 Å². The fourth-order valence-corrected chi connectivity index (χ4v) is 8.30. The van der Waals surface area contributed by atoms with Crippen molar-refractivity contribution in [3.8, 4) is 0 Å². The minimum atomic E-state index is -1.56. The number of carboxylic acids is 2. The lowest BCUT2D eigenvalue weighted by Gasteiger charge is -2.34. The van der Waals surface area contributed by atoms with Crippen LogP contribution in [0.1, 0.15) is 96.6 Å². The third-order valence-corrected chi connectivity index (χ3v) is 11.8. The van der Waals surface area contributed by atoms with Crippen LogP contribution in [0.25, 0.3) is 10.9 Å². The largest absolute Gasteiger partial charge is 0.481 e. The van der Waals surface area contributed by atoms with Crippen LogP contribution in [0, 0.1) is 35.0 Å². The lowest BCUT2D eigenvalue weighted by molar-refractivity contribution is -0.152. The van der Waals surface area contributed by atoms with Crippen molar-refractivity contribution in [2.24, 2.45) is 35.0 Å². The fourth-order valence-electron chi connectivity index (χ4n) is 8.30. The van der Waals surface area contributed by atoms with Crippen molar-refractivity contribution >= 4 is 63.9 Å². The molecule has 1 aliphatic rings. The quantitative estimate of drug-likeness (QED) is 0.0621. The number of carbonyl (C=O) groups is 9. The number of hydrogen-bond donors (Lipinski definition) is 4. The summed E-state index contributed by atoms with van der Waals surface area (Å²) in [5.41, 5.74) is 3.64. The van der Waals surface area contributed by atoms with Gasteiger partial charge in [-0.1, -0.05) is 103 Å². The maximum absolute atomic E-state index is 14.6. The highest BCUT2D eigenvalue weighted by Crippen LogP contribution is 2.37. The van der Waals surface area contributed by atoms with E-state index in [1.54, 1.807) is 52.0 Å². The molecule has 1 aromatic heterocycles. The number of rotatable bonds is 21. The number of aliphatic carboxylic acids is 2. The molecule has 0 unspecified atom stereocenters. The Kier molecular flexibility index (Phi) is 18.6. The predicted octanol–water partition coefficient (Wildman–Crippen LogP) is 5.08. The number of amides is 5. The van der Waals surface area contributed by atoms with Crippen LogP contribution in [-0.4, -0.2) is 115 Å². The van der Waals surface area contributed by atoms with Gasteiger partial charge in [0.15, 0.2) is 11.6 Å². The minimum absolute atomic E-state index is 0.0789. The average molecular weight is 925 g/mol. The van der Waals surface area contributed by atoms with Gasteiger partial charge in [-0.15, -0.1) is 0 Å². The van der Waals surface area contributed by atoms with Gasteiger partial charge < -0.3 is 25.3 Å². The first-order valence-corrected chi connectivity index (χ1v) is 22.5. The van der Waals surface area contributed by atoms with Crippen LogP contribution in [0.4, 0.5) is 0 Å². The van der Waals surface area contributed by atoms with E-state index in [1.165, 1.54) is 16.8 Å². The van der Waals surface area contributed by atoms with Gasteiger partial charge in [-0.3, -0.25) is 48.6 Å². The number of likely N-dealkylation sites (N-methyl/N-ethyl adjacent to an activating group) is 1. The summed E-state index contributed by atoms with van der Waals surface area (Å²) in [6, 6.07) is 16.9. The third-order valence-electron chi connectivity index (χ3n) is 11.8. The Balaban J connectivity index is 1.54. The average Bonchev–Trinajstić information content (AvgIpc) is 3.67. The second-order valence-corrected chi connectivity index (χ2v) is 19.1. The molecule has 1 aliphatic heterocycles. The highest BCUT2D eigenvalue weighted by molar-refractivity contribution is 6.01. The molecule has 1 saturated heterocycles. The summed E-state index contributed by atoms with van der Waals surface area (Å²) in [4.78, 5) is 128. The minimum Gasteiger partial charge on any atom is -0.481 e. The summed E-state index contributed by atoms with van der Waals surface area (Å²) in [5.74, 6) is -11.2. The number of pyridine rings is 1. The molecule has 3 aromatic rings. The highest BCUT2D eigenvalue weighted by atomic mass is 16.4. The normalized spacial score (nSPS) is 16.4. The first-order chi connectivity index (χ1) is 31.4. The molecule has 4 N–H and O–H groups in total. The van der Waals surface area contributed by atoms with Gasteiger partial charge in [0.2, 0.25) is 17.7 Å². The first-order valence-electron chi connectivity index (χ1n) is 22.5. The zero-order valence-corrected chi connectivity index (χ0v) is 39.6. The second-order valence-electron chi connectivity index (χ2n) is 19.1. The van der Waals surface area contributed by atoms with Crippen molar-refractivity contribution in [2.45, 2.75) is 99.2 Å². The Morgan fingerprint density at radius 2 is 1.42 bits per heavy atom. The Morgan fingerprint density at radius 1 is 0.791 bits per heavy atom. The van der Waals surface area contributed by atoms with Crippen molar-refractivity contribution in [3.05, 3.63) is 90.1 Å². The first kappa shape index (κ1) is 52.8. The zero-order valence-electron chi connectivity index (χ0n) is 39.6. The van der Waals surface area contributed by atoms with Crippen LogP contribution in [0.3, 0.4) is 0 Å². The standard InChI is InChI=1S/C50H64N6O11/c1-30(2)35(24-40(57)38-19-18-33-16-12-13-17-37(33)51-38)47(65)52-39(26-44(61)62)41(58)25-36(31(3)4)49(67)55-23-22-34(27-50(5,6)7)46(55)48(66)53-56(29-45(63)64)43(60)21-20-42(59)54(8)28-32-14-10-9-11-15-32/h9-21,30-31,34-36,39,46H,22-29H2,1-8H3,(H,52,65)(H,53,66)(H,61,62)(H,63,64)/b21-20+/t34-,35+,36+,39+,46+/m1/s1. The van der Waals surface area contributed by atoms with Gasteiger partial charge in [-0.05, 0) is 53.7 Å². The zero-order chi connectivity index (χ0) is 49.7. The molecule has 0 spiro atoms. The van der Waals surface area contributed by atoms with E-state index in [4.69, 9.17) is 0 Å². The van der Waals surface area contributed by atoms with Gasteiger partial charge in [0.1, 0.15) is 18.3 Å². The monoisotopic (exact) mass is 924 g/mol. The van der Waals surface area contributed by atoms with E-state index >= 15 is 0 Å². The molecule has 17 heteroatoms. The maximum atomic E-state index is 14.6. The number of hydrazine groups is 1. The number of Topliss-reactive ketones (excluding diaryl/α,β-unsaturated/α-hetero) is 2. The van der Waals surface area contributed by atoms with Crippen LogP contribution in [-0.2, 0) is 44.9 Å². The van der Waals surface area contributed by atoms with Crippen LogP contribution in [0.5, 0.6) is 0 Å². The summed E-state index contributed by atoms with van der Waals surface area (Å²) in [6.45, 7) is 12.0. The van der Waals surface area contributed by atoms with Gasteiger partial charge in [0, 0.05) is 62.4 Å². The lowest BCUT2D eigenvalue weighted by atomic mass is 9.81. The van der Waals surface area contributed by atoms with E-state index < -0.39 is 114 Å². The molecular weight excluding hydrogens is 861 g/mol. The summed E-state index contributed by atoms with van der Waals surface area (Å²) in [5, 5.41) is 23.5. The van der Waals surface area contributed by atoms with Crippen molar-refractivity contribution in [2.75, 3.05) is 20.1 Å². The molecule has 4 rings (SSSR count). The van der Waals surface area contributed by atoms with Gasteiger partial charge in [-0.2, -0.15) is 0 Å². The molecule has 2 heterocycles. The summed E-state index contributed by atoms with van der Waals surface area (Å²) < 4.78 is 0. The molecule has 0 aliphatic carbocycles. The highest BCUT2D eigenvalue weighted by Gasteiger charge is 2.46. The molecule has 17 nitrogen and oxygen atoms in total. The van der Waals surface area contributed by atoms with E-state index in [0.29, 0.717) is 23.4 Å². The van der Waals surface area contributed by atoms with Crippen molar-refractivity contribution < 1.29 is 53.4 Å². The molecule has 5 atom stereocenters. The maximum Gasteiger partial charge on any atom is 0.325 e. The van der Waals surface area contributed by atoms with Gasteiger partial charge in [0.05, 0.1) is 18.0 Å². The Morgan fingerprint density at radius 3 is 2.03 bits per heavy atom. The number of ketones is 2. The molecule has 5 amide bonds. The Labute approximate surface area is 391 Å². The molecule has 0 bridgehead atoms. The number of likely N-dealkylation sites (tertiary alicyclic amines) is 1. The predicted molar refractivity (Wildman–Crippen MR) is 248 cm³/mol. The van der Waals surface area contributed by atoms with Crippen molar-refractivity contribution in [3.63, 3.8) is 0 Å². The van der Waals surface area contributed by atoms with E-state index in [-0.39, 0.29) is 30.6 Å². The summed E-state index contributed by atoms with van der Waals surface area (Å²) in [7, 11) is 1.53. The Hall–Kier alpha value is -6.78. The third kappa shape index (κ3) is 15.4. The second kappa shape index (κ2) is 23.6. The van der Waals surface area contributed by atoms with Gasteiger partial charge in [-0.25, -0.2) is 9.99 Å². The summed E-state index contributed by atoms with van der Waals surface area (Å²) in [6.07, 6.45) is 1.06. The van der Waals surface area contributed by atoms with E-state index in [0.717, 1.165) is 23.1 Å². The number of aromatic nitrogens is 1. The van der Waals surface area contributed by atoms with Crippen LogP contribution in [0.15, 0.2) is 78.9 Å². The molecule has 67 heavy (non-hydrogen) atoms. The molecular formula is C50H64N6O11. The van der Waals surface area contributed by atoms with Gasteiger partial charge >= 0.3 is 11.9 Å². The molecule has 2 aromatic carbocycles. The SMILES string of the molecule is CC(C)[C@H](CC(=O)c1ccc2ccccc2n1)C(=O)N[C@@H](CC(=O)O)C(=O)C[C@H](C(=O)N1CC[C@H](CC(C)(C)C)[C@H]1C(=O)NN(CC(=O)O)C(=O)/C=C/C(=O)N(C)Cc1ccccc1)C(C)C.